The maximum absolute atomic E-state index is 13.7. The van der Waals surface area contributed by atoms with E-state index in [2.05, 4.69) is 10.1 Å². The van der Waals surface area contributed by atoms with Gasteiger partial charge in [0.1, 0.15) is 18.2 Å². The highest BCUT2D eigenvalue weighted by Gasteiger charge is 2.45. The molecule has 9 heteroatoms. The fourth-order valence-corrected chi connectivity index (χ4v) is 6.61. The number of halogens is 1. The standard InChI is InChI=1S/C29H29FN6O2/c30-20-3-1-2-17(10-20)24-9-6-18(13-32-24)23-14-33-36-28(31)26(16-4-5-16)27(34-29(23)36)19-11-21-7-8-22(12-19)35(21)25(38)15-37/h1-3,6,9-10,13-14,16,19,21-22,37H,4-5,7-8,11-12,15,31H2/t19-,21+,22-. The van der Waals surface area contributed by atoms with Crippen molar-refractivity contribution in [3.63, 3.8) is 0 Å². The van der Waals surface area contributed by atoms with Gasteiger partial charge in [-0.15, -0.1) is 0 Å². The Labute approximate surface area is 219 Å². The van der Waals surface area contributed by atoms with Crippen LogP contribution >= 0.6 is 0 Å². The molecule has 2 bridgehead atoms. The molecule has 4 aromatic rings. The van der Waals surface area contributed by atoms with Crippen LogP contribution in [0.25, 0.3) is 28.0 Å². The van der Waals surface area contributed by atoms with E-state index in [1.54, 1.807) is 23.0 Å². The largest absolute Gasteiger partial charge is 0.387 e. The predicted molar refractivity (Wildman–Crippen MR) is 141 cm³/mol. The maximum atomic E-state index is 13.7. The number of anilines is 1. The SMILES string of the molecule is Nc1c(C2CC2)c([C@H]2C[C@H]3CC[C@@H](C2)N3C(=O)CO)nc2c(-c3ccc(-c4cccc(F)c4)nc3)cnn12. The Morgan fingerprint density at radius 3 is 2.47 bits per heavy atom. The summed E-state index contributed by atoms with van der Waals surface area (Å²) in [5.74, 6) is 0.776. The van der Waals surface area contributed by atoms with Gasteiger partial charge in [-0.3, -0.25) is 9.78 Å². The van der Waals surface area contributed by atoms with Crippen LogP contribution in [-0.4, -0.2) is 54.2 Å². The van der Waals surface area contributed by atoms with Crippen molar-refractivity contribution < 1.29 is 14.3 Å². The first kappa shape index (κ1) is 23.3. The van der Waals surface area contributed by atoms with Crippen molar-refractivity contribution in [2.45, 2.75) is 62.4 Å². The topological polar surface area (TPSA) is 110 Å². The van der Waals surface area contributed by atoms with Gasteiger partial charge in [-0.25, -0.2) is 9.37 Å². The maximum Gasteiger partial charge on any atom is 0.248 e. The lowest BCUT2D eigenvalue weighted by Crippen LogP contribution is -2.47. The van der Waals surface area contributed by atoms with Crippen molar-refractivity contribution in [2.24, 2.45) is 0 Å². The lowest BCUT2D eigenvalue weighted by atomic mass is 9.85. The number of aliphatic hydroxyl groups excluding tert-OH is 1. The second-order valence-corrected chi connectivity index (χ2v) is 10.8. The average Bonchev–Trinajstić information content (AvgIpc) is 3.62. The second kappa shape index (κ2) is 8.87. The highest BCUT2D eigenvalue weighted by molar-refractivity contribution is 5.80. The Hall–Kier alpha value is -3.85. The van der Waals surface area contributed by atoms with E-state index in [4.69, 9.17) is 10.7 Å². The van der Waals surface area contributed by atoms with E-state index in [1.165, 1.54) is 12.1 Å². The zero-order valence-corrected chi connectivity index (χ0v) is 20.9. The second-order valence-electron chi connectivity index (χ2n) is 10.8. The van der Waals surface area contributed by atoms with E-state index in [9.17, 15) is 14.3 Å². The molecule has 1 saturated carbocycles. The molecule has 7 rings (SSSR count). The lowest BCUT2D eigenvalue weighted by Gasteiger charge is -2.39. The number of nitrogen functional groups attached to an aromatic ring is 1. The number of amides is 1. The van der Waals surface area contributed by atoms with Gasteiger partial charge in [-0.05, 0) is 62.6 Å². The quantitative estimate of drug-likeness (QED) is 0.413. The van der Waals surface area contributed by atoms with Crippen molar-refractivity contribution in [3.05, 3.63) is 65.9 Å². The van der Waals surface area contributed by atoms with Crippen LogP contribution in [0.2, 0.25) is 0 Å². The van der Waals surface area contributed by atoms with Crippen LogP contribution in [0.15, 0.2) is 48.8 Å². The molecule has 8 nitrogen and oxygen atoms in total. The van der Waals surface area contributed by atoms with Gasteiger partial charge < -0.3 is 15.7 Å². The number of hydrogen-bond donors (Lipinski definition) is 2. The van der Waals surface area contributed by atoms with Crippen molar-refractivity contribution in [1.29, 1.82) is 0 Å². The van der Waals surface area contributed by atoms with Crippen LogP contribution in [0.5, 0.6) is 0 Å². The fourth-order valence-electron chi connectivity index (χ4n) is 6.61. The smallest absolute Gasteiger partial charge is 0.248 e. The Kier molecular flexibility index (Phi) is 5.43. The number of nitrogens with two attached hydrogens (primary N) is 1. The van der Waals surface area contributed by atoms with Gasteiger partial charge in [-0.2, -0.15) is 9.61 Å². The Balaban J connectivity index is 1.28. The molecule has 3 atom stereocenters. The number of rotatable bonds is 5. The third-order valence-corrected chi connectivity index (χ3v) is 8.47. The van der Waals surface area contributed by atoms with E-state index in [1.807, 2.05) is 23.1 Å². The van der Waals surface area contributed by atoms with E-state index in [0.29, 0.717) is 23.1 Å². The normalized spacial score (nSPS) is 22.8. The highest BCUT2D eigenvalue weighted by Crippen LogP contribution is 2.50. The third kappa shape index (κ3) is 3.75. The molecule has 3 fully saturated rings. The number of carbonyl (C=O) groups is 1. The molecular weight excluding hydrogens is 483 g/mol. The molecule has 2 saturated heterocycles. The van der Waals surface area contributed by atoms with E-state index >= 15 is 0 Å². The van der Waals surface area contributed by atoms with Gasteiger partial charge in [0, 0.05) is 46.5 Å². The summed E-state index contributed by atoms with van der Waals surface area (Å²) < 4.78 is 15.4. The first-order valence-electron chi connectivity index (χ1n) is 13.3. The van der Waals surface area contributed by atoms with E-state index in [0.717, 1.165) is 66.5 Å². The van der Waals surface area contributed by atoms with Crippen LogP contribution in [0.3, 0.4) is 0 Å². The van der Waals surface area contributed by atoms with Crippen LogP contribution in [-0.2, 0) is 4.79 Å². The number of fused-ring (bicyclic) bond motifs is 3. The minimum absolute atomic E-state index is 0.133. The van der Waals surface area contributed by atoms with Crippen LogP contribution < -0.4 is 5.73 Å². The molecule has 1 aromatic carbocycles. The molecule has 0 unspecified atom stereocenters. The Morgan fingerprint density at radius 1 is 1.03 bits per heavy atom. The van der Waals surface area contributed by atoms with E-state index < -0.39 is 6.61 Å². The summed E-state index contributed by atoms with van der Waals surface area (Å²) in [6.45, 7) is -0.437. The summed E-state index contributed by atoms with van der Waals surface area (Å²) in [7, 11) is 0. The molecule has 2 aliphatic heterocycles. The molecule has 0 radical (unpaired) electrons. The number of aromatic nitrogens is 4. The summed E-state index contributed by atoms with van der Waals surface area (Å²) in [6, 6.07) is 10.5. The molecule has 1 amide bonds. The molecule has 0 spiro atoms. The molecule has 1 aliphatic carbocycles. The summed E-state index contributed by atoms with van der Waals surface area (Å²) in [6.07, 6.45) is 9.33. The van der Waals surface area contributed by atoms with Crippen molar-refractivity contribution in [2.75, 3.05) is 12.3 Å². The van der Waals surface area contributed by atoms with Crippen molar-refractivity contribution in [3.8, 4) is 22.4 Å². The van der Waals surface area contributed by atoms with Gasteiger partial charge in [0.2, 0.25) is 5.91 Å². The Bertz CT molecular complexity index is 1530. The molecule has 194 valence electrons. The fraction of sp³-hybridized carbons (Fsp3) is 0.379. The molecule has 3 N–H and O–H groups in total. The summed E-state index contributed by atoms with van der Waals surface area (Å²) in [4.78, 5) is 24.1. The zero-order chi connectivity index (χ0) is 26.0. The summed E-state index contributed by atoms with van der Waals surface area (Å²) in [5.41, 5.74) is 12.7. The monoisotopic (exact) mass is 512 g/mol. The number of hydrogen-bond acceptors (Lipinski definition) is 6. The average molecular weight is 513 g/mol. The Morgan fingerprint density at radius 2 is 1.82 bits per heavy atom. The molecular formula is C29H29FN6O2. The minimum atomic E-state index is -0.437. The third-order valence-electron chi connectivity index (χ3n) is 8.47. The van der Waals surface area contributed by atoms with Crippen LogP contribution in [0.1, 0.15) is 61.6 Å². The molecule has 3 aromatic heterocycles. The minimum Gasteiger partial charge on any atom is -0.387 e. The summed E-state index contributed by atoms with van der Waals surface area (Å²) >= 11 is 0. The zero-order valence-electron chi connectivity index (χ0n) is 20.9. The first-order valence-corrected chi connectivity index (χ1v) is 13.3. The molecule has 5 heterocycles. The number of benzene rings is 1. The summed E-state index contributed by atoms with van der Waals surface area (Å²) in [5, 5.41) is 14.1. The van der Waals surface area contributed by atoms with Gasteiger partial charge in [0.25, 0.3) is 0 Å². The van der Waals surface area contributed by atoms with Crippen LogP contribution in [0, 0.1) is 5.82 Å². The van der Waals surface area contributed by atoms with Crippen LogP contribution in [0.4, 0.5) is 10.2 Å². The van der Waals surface area contributed by atoms with Crippen molar-refractivity contribution >= 4 is 17.4 Å². The highest BCUT2D eigenvalue weighted by atomic mass is 19.1. The van der Waals surface area contributed by atoms with Gasteiger partial charge in [0.05, 0.1) is 17.6 Å². The number of piperidine rings is 1. The number of aliphatic hydroxyl groups is 1. The van der Waals surface area contributed by atoms with Crippen molar-refractivity contribution in [1.82, 2.24) is 24.5 Å². The first-order chi connectivity index (χ1) is 18.5. The number of carbonyl (C=O) groups excluding carboxylic acids is 1. The molecule has 3 aliphatic rings. The number of pyridine rings is 1. The van der Waals surface area contributed by atoms with Gasteiger partial charge in [-0.1, -0.05) is 18.2 Å². The predicted octanol–water partition coefficient (Wildman–Crippen LogP) is 4.29. The lowest BCUT2D eigenvalue weighted by molar-refractivity contribution is -0.138. The molecule has 38 heavy (non-hydrogen) atoms. The number of nitrogens with zero attached hydrogens (tertiary/aromatic N) is 5. The van der Waals surface area contributed by atoms with E-state index in [-0.39, 0.29) is 29.7 Å². The van der Waals surface area contributed by atoms with Gasteiger partial charge in [0.15, 0.2) is 5.65 Å². The van der Waals surface area contributed by atoms with Gasteiger partial charge >= 0.3 is 0 Å².